The molecule has 1 aliphatic rings. The molecule has 1 fully saturated rings. The highest BCUT2D eigenvalue weighted by Gasteiger charge is 2.37. The molecule has 2 heterocycles. The van der Waals surface area contributed by atoms with E-state index in [1.165, 1.54) is 0 Å². The number of carbonyl (C=O) groups excluding carboxylic acids is 2. The summed E-state index contributed by atoms with van der Waals surface area (Å²) < 4.78 is 11.6. The number of hydrogen-bond acceptors (Lipinski definition) is 6. The number of nitrogens with one attached hydrogen (secondary N) is 1. The van der Waals surface area contributed by atoms with Crippen molar-refractivity contribution in [2.24, 2.45) is 11.1 Å². The van der Waals surface area contributed by atoms with Gasteiger partial charge in [-0.25, -0.2) is 0 Å². The minimum absolute atomic E-state index is 0.0490. The van der Waals surface area contributed by atoms with Gasteiger partial charge in [0.15, 0.2) is 0 Å². The third-order valence-corrected chi connectivity index (χ3v) is 7.81. The van der Waals surface area contributed by atoms with Crippen LogP contribution in [0.1, 0.15) is 44.7 Å². The summed E-state index contributed by atoms with van der Waals surface area (Å²) in [6.45, 7) is 6.24. The summed E-state index contributed by atoms with van der Waals surface area (Å²) in [4.78, 5) is 28.3. The first kappa shape index (κ1) is 31.2. The Hall–Kier alpha value is -3.72. The second-order valence-corrected chi connectivity index (χ2v) is 11.5. The molecule has 5 atom stereocenters. The van der Waals surface area contributed by atoms with Crippen LogP contribution in [0.15, 0.2) is 89.6 Å². The molecule has 0 radical (unpaired) electrons. The van der Waals surface area contributed by atoms with Crippen LogP contribution in [0, 0.1) is 5.41 Å². The van der Waals surface area contributed by atoms with Crippen LogP contribution in [-0.4, -0.2) is 59.2 Å². The number of hydrogen-bond donors (Lipinski definition) is 3. The third-order valence-electron chi connectivity index (χ3n) is 7.81. The molecule has 0 aliphatic carbocycles. The molecule has 4 N–H and O–H groups in total. The molecule has 8 nitrogen and oxygen atoms in total. The number of nitrogens with zero attached hydrogens (tertiary/aromatic N) is 1. The van der Waals surface area contributed by atoms with Crippen LogP contribution in [0.2, 0.25) is 0 Å². The first-order chi connectivity index (χ1) is 20.2. The Bertz CT molecular complexity index is 1320. The Kier molecular flexibility index (Phi) is 10.7. The van der Waals surface area contributed by atoms with Crippen molar-refractivity contribution in [2.45, 2.75) is 70.9 Å². The van der Waals surface area contributed by atoms with Crippen LogP contribution in [0.3, 0.4) is 0 Å². The Morgan fingerprint density at radius 3 is 2.60 bits per heavy atom. The van der Waals surface area contributed by atoms with Crippen molar-refractivity contribution >= 4 is 11.8 Å². The molecule has 3 aromatic rings. The van der Waals surface area contributed by atoms with Crippen molar-refractivity contribution in [3.63, 3.8) is 0 Å². The second-order valence-electron chi connectivity index (χ2n) is 11.5. The molecular formula is C34H43N3O5. The van der Waals surface area contributed by atoms with E-state index in [2.05, 4.69) is 11.4 Å². The maximum atomic E-state index is 13.9. The van der Waals surface area contributed by atoms with Gasteiger partial charge in [0.1, 0.15) is 11.8 Å². The lowest BCUT2D eigenvalue weighted by Crippen LogP contribution is -2.57. The molecule has 0 spiro atoms. The highest BCUT2D eigenvalue weighted by Crippen LogP contribution is 2.29. The average Bonchev–Trinajstić information content (AvgIpc) is 3.71. The van der Waals surface area contributed by atoms with Crippen LogP contribution in [-0.2, 0) is 27.4 Å². The van der Waals surface area contributed by atoms with E-state index in [1.807, 2.05) is 79.7 Å². The molecule has 0 bridgehead atoms. The Morgan fingerprint density at radius 1 is 1.14 bits per heavy atom. The summed E-state index contributed by atoms with van der Waals surface area (Å²) in [6.07, 6.45) is 7.38. The number of amides is 2. The highest BCUT2D eigenvalue weighted by atomic mass is 16.5. The largest absolute Gasteiger partial charge is 0.464 e. The van der Waals surface area contributed by atoms with Gasteiger partial charge in [-0.15, -0.1) is 0 Å². The van der Waals surface area contributed by atoms with E-state index in [-0.39, 0.29) is 18.6 Å². The number of ether oxygens (including phenoxy) is 1. The molecular weight excluding hydrogens is 530 g/mol. The van der Waals surface area contributed by atoms with E-state index < -0.39 is 29.5 Å². The average molecular weight is 574 g/mol. The number of likely N-dealkylation sites (tertiary alicyclic amines) is 1. The molecule has 2 aromatic carbocycles. The molecule has 8 heteroatoms. The number of nitrogens with two attached hydrogens (primary N) is 1. The third kappa shape index (κ3) is 8.18. The van der Waals surface area contributed by atoms with Crippen molar-refractivity contribution in [1.29, 1.82) is 0 Å². The van der Waals surface area contributed by atoms with Crippen LogP contribution < -0.4 is 11.1 Å². The van der Waals surface area contributed by atoms with Crippen molar-refractivity contribution in [3.05, 3.63) is 96.3 Å². The minimum atomic E-state index is -0.880. The van der Waals surface area contributed by atoms with Crippen LogP contribution in [0.25, 0.3) is 11.3 Å². The second kappa shape index (κ2) is 14.4. The predicted molar refractivity (Wildman–Crippen MR) is 163 cm³/mol. The lowest BCUT2D eigenvalue weighted by atomic mass is 9.83. The number of benzene rings is 2. The topological polar surface area (TPSA) is 118 Å². The van der Waals surface area contributed by atoms with Crippen molar-refractivity contribution in [1.82, 2.24) is 10.2 Å². The number of aliphatic hydroxyl groups excluding tert-OH is 1. The molecule has 224 valence electrons. The molecule has 1 unspecified atom stereocenters. The predicted octanol–water partition coefficient (Wildman–Crippen LogP) is 4.47. The van der Waals surface area contributed by atoms with Gasteiger partial charge in [0.2, 0.25) is 11.8 Å². The zero-order valence-electron chi connectivity index (χ0n) is 24.7. The van der Waals surface area contributed by atoms with Gasteiger partial charge in [-0.2, -0.15) is 0 Å². The van der Waals surface area contributed by atoms with Crippen molar-refractivity contribution < 1.29 is 23.8 Å². The van der Waals surface area contributed by atoms with Gasteiger partial charge in [-0.05, 0) is 62.4 Å². The highest BCUT2D eigenvalue weighted by molar-refractivity contribution is 5.90. The Labute approximate surface area is 248 Å². The summed E-state index contributed by atoms with van der Waals surface area (Å²) in [5, 5.41) is 13.2. The maximum Gasteiger partial charge on any atom is 0.248 e. The number of carbonyl (C=O) groups is 2. The first-order valence-electron chi connectivity index (χ1n) is 14.6. The van der Waals surface area contributed by atoms with Crippen molar-refractivity contribution in [3.8, 4) is 11.3 Å². The SMILES string of the molecule is CC(OCc1ccccc1)[C@H](NC(=O)[C@H](C)N)C(=O)N1CCC[C@H]1C=C[C@](C)(CO)Cc1cccc(-c2ccco2)c1. The quantitative estimate of drug-likeness (QED) is 0.260. The van der Waals surface area contributed by atoms with Crippen molar-refractivity contribution in [2.75, 3.05) is 13.2 Å². The number of furan rings is 1. The van der Waals surface area contributed by atoms with Gasteiger partial charge in [0.25, 0.3) is 0 Å². The zero-order chi connectivity index (χ0) is 30.1. The molecule has 4 rings (SSSR count). The summed E-state index contributed by atoms with van der Waals surface area (Å²) in [6, 6.07) is 19.8. The molecule has 42 heavy (non-hydrogen) atoms. The normalized spacial score (nSPS) is 18.9. The van der Waals surface area contributed by atoms with Crippen LogP contribution in [0.4, 0.5) is 0 Å². The fraction of sp³-hybridized carbons (Fsp3) is 0.412. The van der Waals surface area contributed by atoms with Gasteiger partial charge < -0.3 is 30.2 Å². The Balaban J connectivity index is 1.47. The van der Waals surface area contributed by atoms with E-state index in [0.717, 1.165) is 35.3 Å². The zero-order valence-corrected chi connectivity index (χ0v) is 24.7. The number of aliphatic hydroxyl groups is 1. The van der Waals surface area contributed by atoms with E-state index >= 15 is 0 Å². The van der Waals surface area contributed by atoms with E-state index in [1.54, 1.807) is 25.0 Å². The van der Waals surface area contributed by atoms with Gasteiger partial charge in [0.05, 0.1) is 37.7 Å². The summed E-state index contributed by atoms with van der Waals surface area (Å²) in [7, 11) is 0. The molecule has 2 amide bonds. The molecule has 0 saturated carbocycles. The van der Waals surface area contributed by atoms with Gasteiger partial charge in [-0.1, -0.05) is 67.6 Å². The van der Waals surface area contributed by atoms with E-state index in [0.29, 0.717) is 19.6 Å². The van der Waals surface area contributed by atoms with Gasteiger partial charge >= 0.3 is 0 Å². The Morgan fingerprint density at radius 2 is 1.90 bits per heavy atom. The van der Waals surface area contributed by atoms with Crippen LogP contribution in [0.5, 0.6) is 0 Å². The lowest BCUT2D eigenvalue weighted by Gasteiger charge is -2.32. The first-order valence-corrected chi connectivity index (χ1v) is 14.6. The summed E-state index contributed by atoms with van der Waals surface area (Å²) in [5.74, 6) is 0.193. The smallest absolute Gasteiger partial charge is 0.248 e. The monoisotopic (exact) mass is 573 g/mol. The summed E-state index contributed by atoms with van der Waals surface area (Å²) in [5.41, 5.74) is 8.33. The molecule has 1 saturated heterocycles. The standard InChI is InChI=1S/C34H43N3O5/c1-24(35)32(39)36-31(25(2)42-22-26-10-5-4-6-11-26)33(40)37-18-8-14-29(37)16-17-34(3,23-38)21-27-12-7-13-28(20-27)30-15-9-19-41-30/h4-7,9-13,15-17,19-20,24-25,29,31,38H,8,14,18,21-23,35H2,1-3H3,(H,36,39)/t24-,25?,29-,31-,34-/m0/s1. The molecule has 1 aliphatic heterocycles. The fourth-order valence-corrected chi connectivity index (χ4v) is 5.26. The molecule has 1 aromatic heterocycles. The number of rotatable bonds is 13. The van der Waals surface area contributed by atoms with Gasteiger partial charge in [0, 0.05) is 17.5 Å². The summed E-state index contributed by atoms with van der Waals surface area (Å²) >= 11 is 0. The van der Waals surface area contributed by atoms with Gasteiger partial charge in [-0.3, -0.25) is 9.59 Å². The van der Waals surface area contributed by atoms with E-state index in [4.69, 9.17) is 14.9 Å². The lowest BCUT2D eigenvalue weighted by molar-refractivity contribution is -0.141. The van der Waals surface area contributed by atoms with E-state index in [9.17, 15) is 14.7 Å². The minimum Gasteiger partial charge on any atom is -0.464 e. The van der Waals surface area contributed by atoms with Crippen LogP contribution >= 0.6 is 0 Å². The maximum absolute atomic E-state index is 13.9. The fourth-order valence-electron chi connectivity index (χ4n) is 5.26.